The smallest absolute Gasteiger partial charge is 0.122 e. The largest absolute Gasteiger partial charge is 0.468 e. The summed E-state index contributed by atoms with van der Waals surface area (Å²) in [6, 6.07) is 2.10. The number of rotatable bonds is 9. The van der Waals surface area contributed by atoms with Crippen LogP contribution in [0.2, 0.25) is 0 Å². The third-order valence-electron chi connectivity index (χ3n) is 3.48. The summed E-state index contributed by atoms with van der Waals surface area (Å²) in [5, 5.41) is 3.32. The lowest BCUT2D eigenvalue weighted by atomic mass is 10.1. The molecule has 0 radical (unpaired) electrons. The van der Waals surface area contributed by atoms with Crippen LogP contribution in [0.1, 0.15) is 45.4 Å². The highest BCUT2D eigenvalue weighted by molar-refractivity contribution is 5.16. The zero-order valence-electron chi connectivity index (χ0n) is 12.3. The van der Waals surface area contributed by atoms with Gasteiger partial charge in [0, 0.05) is 18.7 Å². The first kappa shape index (κ1) is 15.3. The molecular weight excluding hydrogens is 224 g/mol. The molecular formula is C15H28N2O. The van der Waals surface area contributed by atoms with Crippen LogP contribution in [0.3, 0.4) is 0 Å². The molecule has 0 saturated heterocycles. The van der Waals surface area contributed by atoms with E-state index in [0.29, 0.717) is 0 Å². The maximum atomic E-state index is 5.55. The second kappa shape index (κ2) is 8.33. The van der Waals surface area contributed by atoms with Crippen molar-refractivity contribution in [2.75, 3.05) is 19.6 Å². The van der Waals surface area contributed by atoms with Crippen LogP contribution in [-0.2, 0) is 13.1 Å². The summed E-state index contributed by atoms with van der Waals surface area (Å²) >= 11 is 0. The van der Waals surface area contributed by atoms with Crippen molar-refractivity contribution in [3.8, 4) is 0 Å². The van der Waals surface area contributed by atoms with Crippen LogP contribution in [0.25, 0.3) is 0 Å². The van der Waals surface area contributed by atoms with E-state index >= 15 is 0 Å². The second-order valence-electron chi connectivity index (χ2n) is 4.99. The van der Waals surface area contributed by atoms with Gasteiger partial charge >= 0.3 is 0 Å². The first-order valence-electron chi connectivity index (χ1n) is 7.19. The second-order valence-corrected chi connectivity index (χ2v) is 4.99. The van der Waals surface area contributed by atoms with Crippen LogP contribution in [0.4, 0.5) is 0 Å². The average Bonchev–Trinajstić information content (AvgIpc) is 2.82. The minimum atomic E-state index is 0.758. The predicted octanol–water partition coefficient (Wildman–Crippen LogP) is 3.26. The Bertz CT molecular complexity index is 322. The number of nitrogens with one attached hydrogen (secondary N) is 1. The molecule has 1 aromatic heterocycles. The zero-order valence-corrected chi connectivity index (χ0v) is 12.3. The molecule has 0 aliphatic rings. The number of hydrogen-bond acceptors (Lipinski definition) is 3. The van der Waals surface area contributed by atoms with E-state index in [1.807, 2.05) is 0 Å². The Balaban J connectivity index is 2.55. The van der Waals surface area contributed by atoms with Crippen LogP contribution in [0.5, 0.6) is 0 Å². The van der Waals surface area contributed by atoms with Gasteiger partial charge in [-0.3, -0.25) is 4.90 Å². The first-order valence-corrected chi connectivity index (χ1v) is 7.19. The predicted molar refractivity (Wildman–Crippen MR) is 76.5 cm³/mol. The average molecular weight is 252 g/mol. The van der Waals surface area contributed by atoms with E-state index in [1.54, 1.807) is 6.26 Å². The molecule has 0 saturated carbocycles. The summed E-state index contributed by atoms with van der Waals surface area (Å²) in [4.78, 5) is 2.49. The van der Waals surface area contributed by atoms with Crippen molar-refractivity contribution < 1.29 is 4.42 Å². The lowest BCUT2D eigenvalue weighted by molar-refractivity contribution is 0.236. The van der Waals surface area contributed by atoms with Gasteiger partial charge in [-0.2, -0.15) is 0 Å². The Hall–Kier alpha value is -0.800. The molecule has 1 heterocycles. The van der Waals surface area contributed by atoms with Gasteiger partial charge in [0.15, 0.2) is 0 Å². The van der Waals surface area contributed by atoms with Gasteiger partial charge in [0.25, 0.3) is 0 Å². The third-order valence-corrected chi connectivity index (χ3v) is 3.48. The van der Waals surface area contributed by atoms with Crippen LogP contribution < -0.4 is 5.32 Å². The van der Waals surface area contributed by atoms with E-state index in [9.17, 15) is 0 Å². The molecule has 1 N–H and O–H groups in total. The SMILES string of the molecule is CCNCc1occc1CN(CC)CC(C)CC. The molecule has 1 atom stereocenters. The molecule has 0 aromatic carbocycles. The molecule has 1 aromatic rings. The Morgan fingerprint density at radius 3 is 2.72 bits per heavy atom. The number of nitrogens with zero attached hydrogens (tertiary/aromatic N) is 1. The quantitative estimate of drug-likeness (QED) is 0.731. The van der Waals surface area contributed by atoms with Crippen LogP contribution in [0, 0.1) is 5.92 Å². The maximum absolute atomic E-state index is 5.55. The molecule has 0 aliphatic heterocycles. The minimum Gasteiger partial charge on any atom is -0.468 e. The van der Waals surface area contributed by atoms with Crippen molar-refractivity contribution in [2.24, 2.45) is 5.92 Å². The Labute approximate surface area is 112 Å². The monoisotopic (exact) mass is 252 g/mol. The van der Waals surface area contributed by atoms with Gasteiger partial charge in [-0.15, -0.1) is 0 Å². The molecule has 0 bridgehead atoms. The van der Waals surface area contributed by atoms with E-state index in [1.165, 1.54) is 18.5 Å². The molecule has 0 aliphatic carbocycles. The lowest BCUT2D eigenvalue weighted by Gasteiger charge is -2.23. The highest BCUT2D eigenvalue weighted by Gasteiger charge is 2.12. The Morgan fingerprint density at radius 1 is 1.33 bits per heavy atom. The van der Waals surface area contributed by atoms with Crippen LogP contribution in [0.15, 0.2) is 16.7 Å². The van der Waals surface area contributed by atoms with Crippen molar-refractivity contribution in [3.05, 3.63) is 23.7 Å². The van der Waals surface area contributed by atoms with E-state index in [2.05, 4.69) is 44.0 Å². The van der Waals surface area contributed by atoms with Crippen LogP contribution in [-0.4, -0.2) is 24.5 Å². The Kier molecular flexibility index (Phi) is 7.06. The minimum absolute atomic E-state index is 0.758. The van der Waals surface area contributed by atoms with E-state index in [0.717, 1.165) is 37.9 Å². The standard InChI is InChI=1S/C15H28N2O/c1-5-13(4)11-17(7-3)12-14-8-9-18-15(14)10-16-6-2/h8-9,13,16H,5-7,10-12H2,1-4H3. The molecule has 1 rings (SSSR count). The summed E-state index contributed by atoms with van der Waals surface area (Å²) in [7, 11) is 0. The molecule has 0 spiro atoms. The van der Waals surface area contributed by atoms with Gasteiger partial charge in [0.2, 0.25) is 0 Å². The highest BCUT2D eigenvalue weighted by atomic mass is 16.3. The van der Waals surface area contributed by atoms with E-state index < -0.39 is 0 Å². The molecule has 3 nitrogen and oxygen atoms in total. The van der Waals surface area contributed by atoms with Gasteiger partial charge in [-0.25, -0.2) is 0 Å². The topological polar surface area (TPSA) is 28.4 Å². The fourth-order valence-corrected chi connectivity index (χ4v) is 2.02. The van der Waals surface area contributed by atoms with Gasteiger partial charge in [0.1, 0.15) is 5.76 Å². The molecule has 18 heavy (non-hydrogen) atoms. The van der Waals surface area contributed by atoms with Gasteiger partial charge in [-0.1, -0.05) is 34.1 Å². The summed E-state index contributed by atoms with van der Waals surface area (Å²) in [5.41, 5.74) is 1.32. The summed E-state index contributed by atoms with van der Waals surface area (Å²) in [5.74, 6) is 1.84. The van der Waals surface area contributed by atoms with Gasteiger partial charge in [0.05, 0.1) is 12.8 Å². The number of furan rings is 1. The summed E-state index contributed by atoms with van der Waals surface area (Å²) in [6.07, 6.45) is 3.05. The molecule has 3 heteroatoms. The van der Waals surface area contributed by atoms with Crippen molar-refractivity contribution in [1.82, 2.24) is 10.2 Å². The fourth-order valence-electron chi connectivity index (χ4n) is 2.02. The van der Waals surface area contributed by atoms with E-state index in [4.69, 9.17) is 4.42 Å². The van der Waals surface area contributed by atoms with Crippen molar-refractivity contribution in [1.29, 1.82) is 0 Å². The molecule has 1 unspecified atom stereocenters. The van der Waals surface area contributed by atoms with E-state index in [-0.39, 0.29) is 0 Å². The van der Waals surface area contributed by atoms with Crippen molar-refractivity contribution in [3.63, 3.8) is 0 Å². The van der Waals surface area contributed by atoms with Gasteiger partial charge in [-0.05, 0) is 25.1 Å². The molecule has 0 fully saturated rings. The molecule has 104 valence electrons. The highest BCUT2D eigenvalue weighted by Crippen LogP contribution is 2.15. The molecule has 0 amide bonds. The Morgan fingerprint density at radius 2 is 2.11 bits per heavy atom. The van der Waals surface area contributed by atoms with Crippen LogP contribution >= 0.6 is 0 Å². The summed E-state index contributed by atoms with van der Waals surface area (Å²) < 4.78 is 5.55. The van der Waals surface area contributed by atoms with Crippen molar-refractivity contribution >= 4 is 0 Å². The van der Waals surface area contributed by atoms with Crippen molar-refractivity contribution in [2.45, 2.75) is 47.2 Å². The first-order chi connectivity index (χ1) is 8.71. The third kappa shape index (κ3) is 4.83. The number of hydrogen-bond donors (Lipinski definition) is 1. The fraction of sp³-hybridized carbons (Fsp3) is 0.733. The maximum Gasteiger partial charge on any atom is 0.122 e. The zero-order chi connectivity index (χ0) is 13.4. The van der Waals surface area contributed by atoms with Gasteiger partial charge < -0.3 is 9.73 Å². The normalized spacial score (nSPS) is 13.2. The summed E-state index contributed by atoms with van der Waals surface area (Å²) in [6.45, 7) is 14.0. The lowest BCUT2D eigenvalue weighted by Crippen LogP contribution is -2.28.